The van der Waals surface area contributed by atoms with Crippen LogP contribution in [0.1, 0.15) is 46.0 Å². The van der Waals surface area contributed by atoms with Gasteiger partial charge in [-0.2, -0.15) is 10.1 Å². The molecule has 0 radical (unpaired) electrons. The lowest BCUT2D eigenvalue weighted by atomic mass is 10.3. The molecule has 0 spiro atoms. The Labute approximate surface area is 125 Å². The van der Waals surface area contributed by atoms with Gasteiger partial charge in [-0.3, -0.25) is 4.68 Å². The molecule has 0 unspecified atom stereocenters. The van der Waals surface area contributed by atoms with E-state index in [9.17, 15) is 0 Å². The van der Waals surface area contributed by atoms with Crippen LogP contribution in [-0.2, 0) is 6.42 Å². The second kappa shape index (κ2) is 7.06. The molecule has 21 heavy (non-hydrogen) atoms. The van der Waals surface area contributed by atoms with Gasteiger partial charge in [-0.15, -0.1) is 0 Å². The van der Waals surface area contributed by atoms with Crippen molar-refractivity contribution in [1.82, 2.24) is 19.7 Å². The standard InChI is InChI=1S/C15H23N5O/c1-5-7-13-18-14(16-6-2)8-15(19-13)21-12-9-17-20(10-12)11(3)4/h8-11H,5-7H2,1-4H3,(H,16,18,19). The molecule has 114 valence electrons. The van der Waals surface area contributed by atoms with Gasteiger partial charge >= 0.3 is 0 Å². The molecule has 6 heteroatoms. The first-order valence-electron chi connectivity index (χ1n) is 7.46. The molecule has 0 atom stereocenters. The summed E-state index contributed by atoms with van der Waals surface area (Å²) in [5.74, 6) is 2.82. The summed E-state index contributed by atoms with van der Waals surface area (Å²) >= 11 is 0. The highest BCUT2D eigenvalue weighted by atomic mass is 16.5. The van der Waals surface area contributed by atoms with E-state index in [0.717, 1.165) is 31.0 Å². The van der Waals surface area contributed by atoms with Crippen LogP contribution in [0.15, 0.2) is 18.5 Å². The molecule has 2 aromatic rings. The Morgan fingerprint density at radius 3 is 2.71 bits per heavy atom. The van der Waals surface area contributed by atoms with Crippen molar-refractivity contribution >= 4 is 5.82 Å². The van der Waals surface area contributed by atoms with E-state index in [2.05, 4.69) is 41.2 Å². The summed E-state index contributed by atoms with van der Waals surface area (Å²) in [6.45, 7) is 9.10. The van der Waals surface area contributed by atoms with Gasteiger partial charge in [0.1, 0.15) is 11.6 Å². The van der Waals surface area contributed by atoms with E-state index in [4.69, 9.17) is 4.74 Å². The Kier molecular flexibility index (Phi) is 5.14. The molecular weight excluding hydrogens is 266 g/mol. The maximum atomic E-state index is 5.81. The van der Waals surface area contributed by atoms with E-state index in [1.165, 1.54) is 0 Å². The zero-order chi connectivity index (χ0) is 15.2. The molecule has 0 aliphatic heterocycles. The van der Waals surface area contributed by atoms with E-state index >= 15 is 0 Å². The number of hydrogen-bond acceptors (Lipinski definition) is 5. The van der Waals surface area contributed by atoms with E-state index in [-0.39, 0.29) is 0 Å². The highest BCUT2D eigenvalue weighted by Gasteiger charge is 2.08. The largest absolute Gasteiger partial charge is 0.436 e. The van der Waals surface area contributed by atoms with Gasteiger partial charge < -0.3 is 10.1 Å². The van der Waals surface area contributed by atoms with Crippen molar-refractivity contribution in [2.75, 3.05) is 11.9 Å². The van der Waals surface area contributed by atoms with E-state index in [1.807, 2.05) is 23.9 Å². The number of aryl methyl sites for hydroxylation is 1. The smallest absolute Gasteiger partial charge is 0.224 e. The van der Waals surface area contributed by atoms with Crippen LogP contribution < -0.4 is 10.1 Å². The van der Waals surface area contributed by atoms with Gasteiger partial charge in [-0.05, 0) is 27.2 Å². The zero-order valence-electron chi connectivity index (χ0n) is 13.1. The number of aromatic nitrogens is 4. The number of nitrogens with one attached hydrogen (secondary N) is 1. The Bertz CT molecular complexity index is 555. The maximum Gasteiger partial charge on any atom is 0.224 e. The number of rotatable bonds is 7. The summed E-state index contributed by atoms with van der Waals surface area (Å²) in [4.78, 5) is 8.91. The molecule has 0 saturated heterocycles. The fourth-order valence-electron chi connectivity index (χ4n) is 1.91. The van der Waals surface area contributed by atoms with Crippen LogP contribution in [-0.4, -0.2) is 26.3 Å². The second-order valence-corrected chi connectivity index (χ2v) is 5.14. The number of ether oxygens (including phenoxy) is 1. The first-order valence-corrected chi connectivity index (χ1v) is 7.46. The summed E-state index contributed by atoms with van der Waals surface area (Å²) in [7, 11) is 0. The maximum absolute atomic E-state index is 5.81. The summed E-state index contributed by atoms with van der Waals surface area (Å²) in [5, 5.41) is 7.47. The fourth-order valence-corrected chi connectivity index (χ4v) is 1.91. The topological polar surface area (TPSA) is 64.9 Å². The summed E-state index contributed by atoms with van der Waals surface area (Å²) < 4.78 is 7.66. The highest BCUT2D eigenvalue weighted by Crippen LogP contribution is 2.22. The van der Waals surface area contributed by atoms with E-state index in [1.54, 1.807) is 6.20 Å². The van der Waals surface area contributed by atoms with Gasteiger partial charge in [-0.1, -0.05) is 6.92 Å². The monoisotopic (exact) mass is 289 g/mol. The first kappa shape index (κ1) is 15.3. The van der Waals surface area contributed by atoms with E-state index in [0.29, 0.717) is 17.7 Å². The molecule has 2 aromatic heterocycles. The third-order valence-electron chi connectivity index (χ3n) is 2.91. The minimum absolute atomic E-state index is 0.306. The van der Waals surface area contributed by atoms with Crippen molar-refractivity contribution in [3.8, 4) is 11.6 Å². The molecule has 2 rings (SSSR count). The van der Waals surface area contributed by atoms with Crippen LogP contribution in [0.2, 0.25) is 0 Å². The quantitative estimate of drug-likeness (QED) is 0.846. The van der Waals surface area contributed by atoms with Gasteiger partial charge in [0.05, 0.1) is 12.4 Å². The molecule has 0 aromatic carbocycles. The highest BCUT2D eigenvalue weighted by molar-refractivity contribution is 5.39. The fraction of sp³-hybridized carbons (Fsp3) is 0.533. The zero-order valence-corrected chi connectivity index (χ0v) is 13.1. The molecular formula is C15H23N5O. The normalized spacial score (nSPS) is 10.9. The number of anilines is 1. The van der Waals surface area contributed by atoms with Gasteiger partial charge in [0.25, 0.3) is 0 Å². The summed E-state index contributed by atoms with van der Waals surface area (Å²) in [5.41, 5.74) is 0. The predicted octanol–water partition coefficient (Wildman–Crippen LogP) is 3.43. The van der Waals surface area contributed by atoms with Crippen molar-refractivity contribution < 1.29 is 4.74 Å². The molecule has 0 bridgehead atoms. The number of nitrogens with zero attached hydrogens (tertiary/aromatic N) is 4. The lowest BCUT2D eigenvalue weighted by molar-refractivity contribution is 0.455. The second-order valence-electron chi connectivity index (χ2n) is 5.14. The third kappa shape index (κ3) is 4.18. The van der Waals surface area contributed by atoms with Crippen LogP contribution in [0.5, 0.6) is 11.6 Å². The van der Waals surface area contributed by atoms with Crippen molar-refractivity contribution in [2.24, 2.45) is 0 Å². The lowest BCUT2D eigenvalue weighted by Crippen LogP contribution is -2.04. The molecule has 0 amide bonds. The first-order chi connectivity index (χ1) is 10.1. The lowest BCUT2D eigenvalue weighted by Gasteiger charge is -2.08. The van der Waals surface area contributed by atoms with Crippen LogP contribution in [0, 0.1) is 0 Å². The Morgan fingerprint density at radius 2 is 2.10 bits per heavy atom. The van der Waals surface area contributed by atoms with Crippen molar-refractivity contribution in [1.29, 1.82) is 0 Å². The van der Waals surface area contributed by atoms with Gasteiger partial charge in [0.2, 0.25) is 5.88 Å². The minimum Gasteiger partial charge on any atom is -0.436 e. The van der Waals surface area contributed by atoms with E-state index < -0.39 is 0 Å². The minimum atomic E-state index is 0.306. The average Bonchev–Trinajstić information content (AvgIpc) is 2.88. The molecule has 6 nitrogen and oxygen atoms in total. The molecule has 0 fully saturated rings. The Morgan fingerprint density at radius 1 is 1.29 bits per heavy atom. The molecule has 2 heterocycles. The van der Waals surface area contributed by atoms with Gasteiger partial charge in [0, 0.05) is 25.1 Å². The average molecular weight is 289 g/mol. The van der Waals surface area contributed by atoms with Crippen molar-refractivity contribution in [3.05, 3.63) is 24.3 Å². The molecule has 0 aliphatic carbocycles. The Hall–Kier alpha value is -2.11. The number of hydrogen-bond donors (Lipinski definition) is 1. The summed E-state index contributed by atoms with van der Waals surface area (Å²) in [6, 6.07) is 2.12. The van der Waals surface area contributed by atoms with Crippen molar-refractivity contribution in [2.45, 2.75) is 46.6 Å². The predicted molar refractivity (Wildman–Crippen MR) is 82.9 cm³/mol. The van der Waals surface area contributed by atoms with Crippen LogP contribution in [0.3, 0.4) is 0 Å². The summed E-state index contributed by atoms with van der Waals surface area (Å²) in [6.07, 6.45) is 5.41. The Balaban J connectivity index is 2.20. The van der Waals surface area contributed by atoms with Crippen molar-refractivity contribution in [3.63, 3.8) is 0 Å². The van der Waals surface area contributed by atoms with Gasteiger partial charge in [-0.25, -0.2) is 4.98 Å². The third-order valence-corrected chi connectivity index (χ3v) is 2.91. The SMILES string of the molecule is CCCc1nc(NCC)cc(Oc2cnn(C(C)C)c2)n1. The molecule has 1 N–H and O–H groups in total. The van der Waals surface area contributed by atoms with Crippen LogP contribution in [0.4, 0.5) is 5.82 Å². The molecule has 0 aliphatic rings. The molecule has 0 saturated carbocycles. The van der Waals surface area contributed by atoms with Crippen LogP contribution in [0.25, 0.3) is 0 Å². The van der Waals surface area contributed by atoms with Crippen LogP contribution >= 0.6 is 0 Å². The van der Waals surface area contributed by atoms with Gasteiger partial charge in [0.15, 0.2) is 5.75 Å².